The van der Waals surface area contributed by atoms with Crippen LogP contribution in [0.4, 0.5) is 11.4 Å². The summed E-state index contributed by atoms with van der Waals surface area (Å²) < 4.78 is 206. The van der Waals surface area contributed by atoms with Gasteiger partial charge in [0.15, 0.2) is 5.71 Å². The highest BCUT2D eigenvalue weighted by molar-refractivity contribution is 7.87. The number of rotatable bonds is 49. The first-order chi connectivity index (χ1) is 53.8. The van der Waals surface area contributed by atoms with Crippen LogP contribution in [0.5, 0.6) is 0 Å². The van der Waals surface area contributed by atoms with Crippen LogP contribution in [-0.2, 0) is 117 Å². The normalized spacial score (nSPS) is 17.3. The monoisotopic (exact) mass is 1720 g/mol. The Morgan fingerprint density at radius 3 is 1.66 bits per heavy atom. The number of benzene rings is 4. The number of hydrogen-bond donors (Lipinski definition) is 9. The Morgan fingerprint density at radius 2 is 1.13 bits per heavy atom. The van der Waals surface area contributed by atoms with E-state index in [4.69, 9.17) is 42.4 Å². The lowest BCUT2D eigenvalue weighted by molar-refractivity contribution is -0.438. The summed E-state index contributed by atoms with van der Waals surface area (Å²) in [6, 6.07) is 7.23. The molecule has 3 heterocycles. The van der Waals surface area contributed by atoms with Crippen molar-refractivity contribution in [3.63, 3.8) is 0 Å². The lowest BCUT2D eigenvalue weighted by Crippen LogP contribution is -2.49. The molecule has 638 valence electrons. The highest BCUT2D eigenvalue weighted by atomic mass is 32.2. The molecule has 37 nitrogen and oxygen atoms in total. The van der Waals surface area contributed by atoms with E-state index in [2.05, 4.69) is 19.5 Å². The van der Waals surface area contributed by atoms with Crippen molar-refractivity contribution in [1.82, 2.24) is 23.6 Å². The van der Waals surface area contributed by atoms with Gasteiger partial charge in [0.25, 0.3) is 40.5 Å². The van der Waals surface area contributed by atoms with Crippen LogP contribution in [0.25, 0.3) is 21.5 Å². The Bertz CT molecular complexity index is 4680. The summed E-state index contributed by atoms with van der Waals surface area (Å²) in [6.45, 7) is 14.8. The molecule has 3 aliphatic heterocycles. The number of hydrogen-bond acceptors (Lipinski definition) is 29. The minimum atomic E-state index is -5.07. The largest absolute Gasteiger partial charge is 0.758 e. The number of carbonyl (C=O) groups excluding carboxylic acids is 3. The second-order valence-electron chi connectivity index (χ2n) is 28.6. The molecule has 0 bridgehead atoms. The number of aliphatic hydroxyl groups excluding tert-OH is 1. The lowest BCUT2D eigenvalue weighted by atomic mass is 9.79. The number of piperazine rings is 1. The summed E-state index contributed by atoms with van der Waals surface area (Å²) in [6.07, 6.45) is 14.5. The molecule has 0 radical (unpaired) electrons. The van der Waals surface area contributed by atoms with Gasteiger partial charge in [-0.15, -0.1) is 8.94 Å². The molecule has 43 heteroatoms. The second kappa shape index (κ2) is 43.0. The van der Waals surface area contributed by atoms with Crippen LogP contribution in [0.3, 0.4) is 0 Å². The van der Waals surface area contributed by atoms with Crippen molar-refractivity contribution in [3.05, 3.63) is 95.7 Å². The average Bonchev–Trinajstić information content (AvgIpc) is 1.55. The first-order valence-electron chi connectivity index (χ1n) is 37.2. The molecule has 4 aromatic rings. The third-order valence-corrected chi connectivity index (χ3v) is 24.9. The molecule has 0 aliphatic carbocycles. The van der Waals surface area contributed by atoms with E-state index in [1.807, 2.05) is 56.2 Å². The number of unbranched alkanes of at least 4 members (excludes halogenated alkanes) is 4. The maximum absolute atomic E-state index is 13.6. The highest BCUT2D eigenvalue weighted by Crippen LogP contribution is 2.52. The zero-order valence-corrected chi connectivity index (χ0v) is 69.3. The number of nitrogens with zero attached hydrogens (tertiary/aromatic N) is 7. The molecule has 7 rings (SSSR count). The van der Waals surface area contributed by atoms with Crippen LogP contribution in [-0.4, -0.2) is 263 Å². The van der Waals surface area contributed by atoms with Crippen molar-refractivity contribution < 1.29 is 122 Å². The summed E-state index contributed by atoms with van der Waals surface area (Å²) in [5.41, 5.74) is 12.5. The maximum Gasteiger partial charge on any atom is 0.345 e. The number of hydroxylamine groups is 2. The topological polar surface area (TPSA) is 551 Å². The third kappa shape index (κ3) is 25.2. The van der Waals surface area contributed by atoms with E-state index in [1.165, 1.54) is 18.2 Å². The van der Waals surface area contributed by atoms with Gasteiger partial charge in [-0.2, -0.15) is 50.0 Å². The zero-order valence-electron chi connectivity index (χ0n) is 64.4. The maximum atomic E-state index is 13.6. The SMILES string of the molecule is CCCN(CCCC(O)CCCCCN1C(=CC=CC=CC2=[N+](CCCCCC(=O)N3CCN(CCOCCON([C@H](CCN)C(=O)ON)S(=O)[O-])CC3)c3ccc4c(S(=O)(=O)O)cc(S(=O)(=O)O)cc4c3C2(C)C)C(C)(C)c2c1ccc1c(S(=O)(=O)O)cc(S(=O)(=O)O)cc21)CCOCCON([C@@H](CCN)C(=O)ON)S(=O)[O-]. The van der Waals surface area contributed by atoms with E-state index in [-0.39, 0.29) is 99.4 Å². The van der Waals surface area contributed by atoms with Crippen molar-refractivity contribution in [2.45, 2.75) is 167 Å². The van der Waals surface area contributed by atoms with Gasteiger partial charge in [-0.1, -0.05) is 57.9 Å². The second-order valence-corrected chi connectivity index (χ2v) is 35.8. The van der Waals surface area contributed by atoms with Gasteiger partial charge < -0.3 is 59.5 Å². The molecule has 0 aromatic heterocycles. The predicted octanol–water partition coefficient (Wildman–Crippen LogP) is 3.63. The van der Waals surface area contributed by atoms with E-state index in [0.29, 0.717) is 172 Å². The smallest absolute Gasteiger partial charge is 0.345 e. The first kappa shape index (κ1) is 95.0. The van der Waals surface area contributed by atoms with Gasteiger partial charge in [-0.3, -0.25) is 46.0 Å². The highest BCUT2D eigenvalue weighted by Gasteiger charge is 2.47. The van der Waals surface area contributed by atoms with Gasteiger partial charge in [0, 0.05) is 126 Å². The van der Waals surface area contributed by atoms with Gasteiger partial charge in [0.1, 0.15) is 28.4 Å². The molecule has 3 unspecified atom stereocenters. The minimum Gasteiger partial charge on any atom is -0.758 e. The summed E-state index contributed by atoms with van der Waals surface area (Å²) in [7, 11) is -20.2. The van der Waals surface area contributed by atoms with E-state index in [1.54, 1.807) is 35.3 Å². The molecule has 1 amide bonds. The van der Waals surface area contributed by atoms with Gasteiger partial charge in [-0.25, -0.2) is 9.59 Å². The summed E-state index contributed by atoms with van der Waals surface area (Å²) in [5.74, 6) is 7.80. The Labute approximate surface area is 670 Å². The number of anilines is 1. The van der Waals surface area contributed by atoms with Crippen LogP contribution in [0, 0.1) is 0 Å². The van der Waals surface area contributed by atoms with Crippen molar-refractivity contribution in [2.24, 2.45) is 23.3 Å². The van der Waals surface area contributed by atoms with Gasteiger partial charge in [0.05, 0.1) is 61.0 Å². The fraction of sp³-hybridized carbons (Fsp3) is 0.577. The predicted molar refractivity (Wildman–Crippen MR) is 419 cm³/mol. The Hall–Kier alpha value is -6.16. The Kier molecular flexibility index (Phi) is 35.8. The number of ether oxygens (including phenoxy) is 2. The van der Waals surface area contributed by atoms with Gasteiger partial charge in [-0.05, 0) is 157 Å². The summed E-state index contributed by atoms with van der Waals surface area (Å²) >= 11 is -5.92. The molecule has 3 aliphatic rings. The van der Waals surface area contributed by atoms with E-state index in [9.17, 15) is 88.9 Å². The quantitative estimate of drug-likeness (QED) is 0.00761. The summed E-state index contributed by atoms with van der Waals surface area (Å²) in [4.78, 5) is 61.7. The van der Waals surface area contributed by atoms with E-state index < -0.39 is 124 Å². The summed E-state index contributed by atoms with van der Waals surface area (Å²) in [5, 5.41) is 11.4. The Balaban J connectivity index is 1.05. The molecule has 1 fully saturated rings. The molecular formula is C71H106N11O26S6-. The lowest BCUT2D eigenvalue weighted by Gasteiger charge is -2.34. The molecule has 0 saturated carbocycles. The van der Waals surface area contributed by atoms with E-state index >= 15 is 0 Å². The number of aliphatic hydroxyl groups is 1. The Morgan fingerprint density at radius 1 is 0.596 bits per heavy atom. The van der Waals surface area contributed by atoms with Crippen LogP contribution in [0.1, 0.15) is 129 Å². The minimum absolute atomic E-state index is 0.000836. The van der Waals surface area contributed by atoms with Crippen LogP contribution < -0.4 is 28.2 Å². The fourth-order valence-electron chi connectivity index (χ4n) is 14.6. The number of nitrogens with two attached hydrogens (primary N) is 4. The van der Waals surface area contributed by atoms with Crippen LogP contribution in [0.15, 0.2) is 104 Å². The van der Waals surface area contributed by atoms with Crippen molar-refractivity contribution in [2.75, 3.05) is 123 Å². The number of allylic oxidation sites excluding steroid dienone is 6. The molecule has 5 atom stereocenters. The van der Waals surface area contributed by atoms with Crippen LogP contribution >= 0.6 is 0 Å². The molecule has 4 aromatic carbocycles. The fourth-order valence-corrected chi connectivity index (χ4v) is 18.4. The van der Waals surface area contributed by atoms with Gasteiger partial charge in [0.2, 0.25) is 11.6 Å². The van der Waals surface area contributed by atoms with Crippen molar-refractivity contribution in [1.29, 1.82) is 0 Å². The van der Waals surface area contributed by atoms with Crippen molar-refractivity contribution in [3.8, 4) is 0 Å². The number of fused-ring (bicyclic) bond motifs is 6. The van der Waals surface area contributed by atoms with Crippen molar-refractivity contribution >= 4 is 119 Å². The molecular weight excluding hydrogens is 1620 g/mol. The molecule has 1 saturated heterocycles. The number of carbonyl (C=O) groups is 3. The standard InChI is InChI=1S/C71H107N11O26S6/c1-6-30-76(38-40-103-42-44-105-81(109(87)88)59(26-28-72)68(85)107-74)31-16-18-50(83)17-10-8-14-32-79-57-24-22-53-55(46-51(111(91,92)93)48-61(53)113(97,98)99)66(57)70(2,3)63(79)19-11-7-12-20-64-71(4,5)67-56-47-52(112(94,95)96)49-62(114(100,101)102)54(56)23-25-58(67)80(64)33-15-9-13-21-65(84)78-36-34-77(35-37-78)39-41-104-43-45-106-82(110(89)90)60(27-29-73)69(86)108-75/h7,11-12,19-20,22-25,46-50,59-60,83H,6,8-10,13-18,21,26-45,72-75H2,1-5H3,(H5-,87,88,89,90,91,92,93,94,95,96,97,98,99,100,101,102)/p-1/t50?,59-,60+/m0/s1. The third-order valence-electron chi connectivity index (χ3n) is 20.1. The van der Waals surface area contributed by atoms with Crippen LogP contribution in [0.2, 0.25) is 0 Å². The molecule has 114 heavy (non-hydrogen) atoms. The number of amides is 1. The molecule has 13 N–H and O–H groups in total. The molecule has 0 spiro atoms. The first-order valence-corrected chi connectivity index (χ1v) is 45.0. The zero-order chi connectivity index (χ0) is 84.1. The van der Waals surface area contributed by atoms with E-state index in [0.717, 1.165) is 19.0 Å². The van der Waals surface area contributed by atoms with Gasteiger partial charge >= 0.3 is 11.9 Å². The average molecular weight is 1720 g/mol.